The minimum Gasteiger partial charge on any atom is -0.393 e. The molecule has 6 heteroatoms. The van der Waals surface area contributed by atoms with Gasteiger partial charge in [0.25, 0.3) is 0 Å². The van der Waals surface area contributed by atoms with E-state index in [1.807, 2.05) is 18.2 Å². The van der Waals surface area contributed by atoms with E-state index in [0.29, 0.717) is 5.69 Å². The van der Waals surface area contributed by atoms with Crippen LogP contribution in [-0.2, 0) is 0 Å². The zero-order valence-corrected chi connectivity index (χ0v) is 14.5. The first-order chi connectivity index (χ1) is 11.7. The Balaban J connectivity index is 1.88. The highest BCUT2D eigenvalue weighted by Gasteiger charge is 2.22. The molecule has 3 rings (SSSR count). The molecule has 0 amide bonds. The van der Waals surface area contributed by atoms with Gasteiger partial charge in [0, 0.05) is 38.4 Å². The Kier molecular flexibility index (Phi) is 5.15. The fourth-order valence-electron chi connectivity index (χ4n) is 3.18. The lowest BCUT2D eigenvalue weighted by Gasteiger charge is -2.35. The molecule has 0 atom stereocenters. The third-order valence-electron chi connectivity index (χ3n) is 4.60. The Bertz CT molecular complexity index is 652. The lowest BCUT2D eigenvalue weighted by Crippen LogP contribution is -2.46. The van der Waals surface area contributed by atoms with Crippen LogP contribution in [0.5, 0.6) is 0 Å². The van der Waals surface area contributed by atoms with Crippen LogP contribution in [0.3, 0.4) is 0 Å². The molecule has 2 aromatic rings. The first-order valence-electron chi connectivity index (χ1n) is 8.65. The monoisotopic (exact) mass is 326 g/mol. The van der Waals surface area contributed by atoms with Crippen molar-refractivity contribution in [1.82, 2.24) is 14.9 Å². The summed E-state index contributed by atoms with van der Waals surface area (Å²) in [5, 5.41) is 0. The number of nitrogens with zero attached hydrogens (tertiary/aromatic N) is 5. The van der Waals surface area contributed by atoms with Crippen LogP contribution in [0.2, 0.25) is 0 Å². The van der Waals surface area contributed by atoms with Crippen molar-refractivity contribution in [2.45, 2.75) is 13.8 Å². The molecule has 1 saturated heterocycles. The van der Waals surface area contributed by atoms with E-state index < -0.39 is 0 Å². The van der Waals surface area contributed by atoms with Crippen molar-refractivity contribution in [3.05, 3.63) is 36.7 Å². The van der Waals surface area contributed by atoms with Crippen molar-refractivity contribution in [3.8, 4) is 0 Å². The van der Waals surface area contributed by atoms with E-state index in [1.54, 1.807) is 6.33 Å². The Morgan fingerprint density at radius 1 is 1.04 bits per heavy atom. The van der Waals surface area contributed by atoms with Crippen LogP contribution in [0.15, 0.2) is 36.7 Å². The van der Waals surface area contributed by atoms with Gasteiger partial charge in [-0.25, -0.2) is 9.97 Å². The van der Waals surface area contributed by atoms with Crippen LogP contribution >= 0.6 is 0 Å². The summed E-state index contributed by atoms with van der Waals surface area (Å²) < 4.78 is 0. The van der Waals surface area contributed by atoms with Gasteiger partial charge in [0.15, 0.2) is 11.6 Å². The fourth-order valence-corrected chi connectivity index (χ4v) is 3.18. The van der Waals surface area contributed by atoms with Gasteiger partial charge in [0.1, 0.15) is 12.0 Å². The maximum absolute atomic E-state index is 6.47. The molecule has 0 bridgehead atoms. The molecule has 1 aromatic carbocycles. The van der Waals surface area contributed by atoms with Gasteiger partial charge in [-0.15, -0.1) is 0 Å². The molecule has 1 fully saturated rings. The summed E-state index contributed by atoms with van der Waals surface area (Å²) in [5.74, 6) is 1.64. The molecule has 1 aliphatic heterocycles. The Morgan fingerprint density at radius 3 is 2.38 bits per heavy atom. The number of para-hydroxylation sites is 1. The zero-order valence-electron chi connectivity index (χ0n) is 14.5. The Morgan fingerprint density at radius 2 is 1.75 bits per heavy atom. The van der Waals surface area contributed by atoms with Crippen molar-refractivity contribution < 1.29 is 0 Å². The van der Waals surface area contributed by atoms with Crippen LogP contribution in [-0.4, -0.2) is 54.1 Å². The van der Waals surface area contributed by atoms with E-state index in [-0.39, 0.29) is 0 Å². The summed E-state index contributed by atoms with van der Waals surface area (Å²) >= 11 is 0. The maximum Gasteiger partial charge on any atom is 0.161 e. The van der Waals surface area contributed by atoms with Crippen molar-refractivity contribution >= 4 is 23.0 Å². The van der Waals surface area contributed by atoms with Gasteiger partial charge >= 0.3 is 0 Å². The number of aromatic nitrogens is 2. The van der Waals surface area contributed by atoms with Gasteiger partial charge in [0.2, 0.25) is 0 Å². The van der Waals surface area contributed by atoms with Gasteiger partial charge < -0.3 is 20.4 Å². The van der Waals surface area contributed by atoms with Crippen molar-refractivity contribution in [3.63, 3.8) is 0 Å². The highest BCUT2D eigenvalue weighted by molar-refractivity contribution is 5.79. The first kappa shape index (κ1) is 16.5. The molecule has 0 spiro atoms. The number of piperazine rings is 1. The van der Waals surface area contributed by atoms with E-state index in [9.17, 15) is 0 Å². The van der Waals surface area contributed by atoms with Crippen molar-refractivity contribution in [2.24, 2.45) is 0 Å². The topological polar surface area (TPSA) is 61.5 Å². The second-order valence-electron chi connectivity index (χ2n) is 5.94. The van der Waals surface area contributed by atoms with Gasteiger partial charge in [-0.05, 0) is 25.6 Å². The van der Waals surface area contributed by atoms with Crippen LogP contribution in [0, 0.1) is 0 Å². The number of hydrogen-bond acceptors (Lipinski definition) is 6. The molecule has 6 nitrogen and oxygen atoms in total. The molecule has 1 aromatic heterocycles. The van der Waals surface area contributed by atoms with E-state index >= 15 is 0 Å². The summed E-state index contributed by atoms with van der Waals surface area (Å²) in [7, 11) is 0. The fraction of sp³-hybridized carbons (Fsp3) is 0.444. The minimum atomic E-state index is 0.660. The molecule has 0 unspecified atom stereocenters. The maximum atomic E-state index is 6.47. The molecule has 0 aliphatic carbocycles. The summed E-state index contributed by atoms with van der Waals surface area (Å²) in [6, 6.07) is 10.2. The number of likely N-dealkylation sites (N-methyl/N-ethyl adjacent to an activating group) is 1. The zero-order chi connectivity index (χ0) is 16.9. The van der Waals surface area contributed by atoms with Crippen molar-refractivity contribution in [1.29, 1.82) is 0 Å². The molecule has 2 N–H and O–H groups in total. The van der Waals surface area contributed by atoms with Crippen LogP contribution < -0.4 is 15.5 Å². The van der Waals surface area contributed by atoms with Gasteiger partial charge in [-0.1, -0.05) is 25.1 Å². The van der Waals surface area contributed by atoms with Crippen LogP contribution in [0.25, 0.3) is 0 Å². The average molecular weight is 326 g/mol. The third-order valence-corrected chi connectivity index (χ3v) is 4.60. The summed E-state index contributed by atoms with van der Waals surface area (Å²) in [6.07, 6.45) is 1.62. The van der Waals surface area contributed by atoms with Gasteiger partial charge in [0.05, 0.1) is 0 Å². The lowest BCUT2D eigenvalue weighted by atomic mass is 10.2. The lowest BCUT2D eigenvalue weighted by molar-refractivity contribution is 0.270. The molecule has 1 aliphatic rings. The molecule has 2 heterocycles. The minimum absolute atomic E-state index is 0.660. The second kappa shape index (κ2) is 7.49. The Hall–Kier alpha value is -2.34. The van der Waals surface area contributed by atoms with E-state index in [2.05, 4.69) is 50.6 Å². The van der Waals surface area contributed by atoms with E-state index in [1.165, 1.54) is 0 Å². The molecule has 24 heavy (non-hydrogen) atoms. The van der Waals surface area contributed by atoms with E-state index in [0.717, 1.165) is 56.6 Å². The van der Waals surface area contributed by atoms with Gasteiger partial charge in [-0.2, -0.15) is 0 Å². The number of hydrogen-bond donors (Lipinski definition) is 1. The number of nitrogens with two attached hydrogens (primary N) is 1. The Labute approximate surface area is 143 Å². The first-order valence-corrected chi connectivity index (χ1v) is 8.65. The highest BCUT2D eigenvalue weighted by Crippen LogP contribution is 2.33. The highest BCUT2D eigenvalue weighted by atomic mass is 15.3. The summed E-state index contributed by atoms with van der Waals surface area (Å²) in [6.45, 7) is 10.2. The molecule has 0 saturated carbocycles. The predicted molar refractivity (Wildman–Crippen MR) is 99.9 cm³/mol. The number of nitrogen functional groups attached to an aromatic ring is 1. The molecule has 0 radical (unpaired) electrons. The quantitative estimate of drug-likeness (QED) is 0.910. The number of benzene rings is 1. The largest absolute Gasteiger partial charge is 0.393 e. The normalized spacial score (nSPS) is 15.5. The van der Waals surface area contributed by atoms with E-state index in [4.69, 9.17) is 5.73 Å². The van der Waals surface area contributed by atoms with Gasteiger partial charge in [-0.3, -0.25) is 0 Å². The van der Waals surface area contributed by atoms with Crippen molar-refractivity contribution in [2.75, 3.05) is 54.8 Å². The smallest absolute Gasteiger partial charge is 0.161 e. The second-order valence-corrected chi connectivity index (χ2v) is 5.94. The van der Waals surface area contributed by atoms with Crippen LogP contribution in [0.4, 0.5) is 23.0 Å². The standard InChI is InChI=1S/C18H26N6/c1-3-22-10-12-23(13-11-22)17-16(19)18(21-14-20-17)24(4-2)15-8-6-5-7-9-15/h5-9,14H,3-4,10-13,19H2,1-2H3. The predicted octanol–water partition coefficient (Wildman–Crippen LogP) is 2.36. The summed E-state index contributed by atoms with van der Waals surface area (Å²) in [5.41, 5.74) is 8.22. The molecular formula is C18H26N6. The summed E-state index contributed by atoms with van der Waals surface area (Å²) in [4.78, 5) is 15.8. The van der Waals surface area contributed by atoms with Crippen LogP contribution in [0.1, 0.15) is 13.8 Å². The number of anilines is 4. The molecular weight excluding hydrogens is 300 g/mol. The third kappa shape index (κ3) is 3.28. The average Bonchev–Trinajstić information content (AvgIpc) is 2.65. The SMILES string of the molecule is CCN1CCN(c2ncnc(N(CC)c3ccccc3)c2N)CC1. The molecule has 128 valence electrons. The number of rotatable bonds is 5.